The lowest BCUT2D eigenvalue weighted by atomic mass is 10.1. The summed E-state index contributed by atoms with van der Waals surface area (Å²) < 4.78 is 5.26. The van der Waals surface area contributed by atoms with Gasteiger partial charge in [-0.15, -0.1) is 0 Å². The van der Waals surface area contributed by atoms with Crippen molar-refractivity contribution in [3.8, 4) is 0 Å². The van der Waals surface area contributed by atoms with Gasteiger partial charge in [-0.2, -0.15) is 0 Å². The lowest BCUT2D eigenvalue weighted by molar-refractivity contribution is 0.0311. The van der Waals surface area contributed by atoms with Crippen molar-refractivity contribution in [2.75, 3.05) is 20.2 Å². The first-order valence-corrected chi connectivity index (χ1v) is 6.11. The summed E-state index contributed by atoms with van der Waals surface area (Å²) >= 11 is 0. The third kappa shape index (κ3) is 8.53. The van der Waals surface area contributed by atoms with E-state index in [2.05, 4.69) is 17.2 Å². The van der Waals surface area contributed by atoms with E-state index in [0.717, 1.165) is 13.0 Å². The van der Waals surface area contributed by atoms with Crippen LogP contribution in [0.2, 0.25) is 0 Å². The van der Waals surface area contributed by atoms with Crippen LogP contribution in [0.15, 0.2) is 4.99 Å². The van der Waals surface area contributed by atoms with Gasteiger partial charge in [-0.3, -0.25) is 4.99 Å². The molecule has 0 aliphatic rings. The molecule has 16 heavy (non-hydrogen) atoms. The molecule has 0 fully saturated rings. The van der Waals surface area contributed by atoms with Crippen molar-refractivity contribution in [3.63, 3.8) is 0 Å². The zero-order chi connectivity index (χ0) is 12.4. The molecule has 96 valence electrons. The number of aliphatic imine (C=N–C) groups is 1. The number of rotatable bonds is 8. The standard InChI is InChI=1S/C12H27N3O/c1-5-6-7-8-9-14-11(13)15-10-12(2,3)16-4/h5-10H2,1-4H3,(H3,13,14,15). The highest BCUT2D eigenvalue weighted by molar-refractivity contribution is 5.77. The van der Waals surface area contributed by atoms with Gasteiger partial charge in [0.1, 0.15) is 0 Å². The van der Waals surface area contributed by atoms with E-state index < -0.39 is 0 Å². The van der Waals surface area contributed by atoms with Crippen molar-refractivity contribution in [3.05, 3.63) is 0 Å². The SMILES string of the molecule is CCCCCCNC(N)=NCC(C)(C)OC. The summed E-state index contributed by atoms with van der Waals surface area (Å²) in [6, 6.07) is 0. The number of nitrogens with one attached hydrogen (secondary N) is 1. The van der Waals surface area contributed by atoms with Crippen LogP contribution in [0.5, 0.6) is 0 Å². The van der Waals surface area contributed by atoms with E-state index in [1.54, 1.807) is 7.11 Å². The minimum Gasteiger partial charge on any atom is -0.377 e. The van der Waals surface area contributed by atoms with Crippen LogP contribution in [0.25, 0.3) is 0 Å². The molecule has 0 aromatic carbocycles. The van der Waals surface area contributed by atoms with Crippen LogP contribution in [-0.2, 0) is 4.74 Å². The molecule has 4 nitrogen and oxygen atoms in total. The van der Waals surface area contributed by atoms with E-state index in [-0.39, 0.29) is 5.60 Å². The Morgan fingerprint density at radius 2 is 2.00 bits per heavy atom. The van der Waals surface area contributed by atoms with Crippen molar-refractivity contribution < 1.29 is 4.74 Å². The summed E-state index contributed by atoms with van der Waals surface area (Å²) in [5.41, 5.74) is 5.49. The number of guanidine groups is 1. The van der Waals surface area contributed by atoms with Crippen LogP contribution in [0, 0.1) is 0 Å². The lowest BCUT2D eigenvalue weighted by Crippen LogP contribution is -2.35. The van der Waals surface area contributed by atoms with Crippen LogP contribution in [0.4, 0.5) is 0 Å². The quantitative estimate of drug-likeness (QED) is 0.379. The summed E-state index contributed by atoms with van der Waals surface area (Å²) in [5, 5.41) is 3.11. The predicted molar refractivity (Wildman–Crippen MR) is 69.7 cm³/mol. The number of ether oxygens (including phenoxy) is 1. The molecule has 0 radical (unpaired) electrons. The van der Waals surface area contributed by atoms with Crippen LogP contribution in [0.3, 0.4) is 0 Å². The number of nitrogens with two attached hydrogens (primary N) is 1. The Morgan fingerprint density at radius 3 is 2.56 bits per heavy atom. The fourth-order valence-corrected chi connectivity index (χ4v) is 1.16. The molecule has 0 heterocycles. The van der Waals surface area contributed by atoms with Crippen molar-refractivity contribution >= 4 is 5.96 Å². The predicted octanol–water partition coefficient (Wildman–Crippen LogP) is 1.90. The van der Waals surface area contributed by atoms with E-state index in [1.165, 1.54) is 19.3 Å². The van der Waals surface area contributed by atoms with Crippen molar-refractivity contribution in [1.29, 1.82) is 0 Å². The maximum absolute atomic E-state index is 5.73. The normalized spacial score (nSPS) is 12.9. The molecule has 4 heteroatoms. The third-order valence-electron chi connectivity index (χ3n) is 2.52. The molecule has 0 bridgehead atoms. The first-order valence-electron chi connectivity index (χ1n) is 6.11. The second kappa shape index (κ2) is 8.39. The number of methoxy groups -OCH3 is 1. The highest BCUT2D eigenvalue weighted by atomic mass is 16.5. The Kier molecular flexibility index (Phi) is 7.99. The first-order chi connectivity index (χ1) is 7.52. The number of nitrogens with zero attached hydrogens (tertiary/aromatic N) is 1. The molecule has 0 rings (SSSR count). The molecule has 0 saturated heterocycles. The second-order valence-electron chi connectivity index (χ2n) is 4.65. The zero-order valence-corrected chi connectivity index (χ0v) is 11.2. The molecule has 3 N–H and O–H groups in total. The fourth-order valence-electron chi connectivity index (χ4n) is 1.16. The number of hydrogen-bond donors (Lipinski definition) is 2. The molecule has 0 aromatic rings. The van der Waals surface area contributed by atoms with Gasteiger partial charge in [0.15, 0.2) is 5.96 Å². The minimum atomic E-state index is -0.242. The summed E-state index contributed by atoms with van der Waals surface area (Å²) in [6.45, 7) is 7.67. The monoisotopic (exact) mass is 229 g/mol. The highest BCUT2D eigenvalue weighted by Crippen LogP contribution is 2.06. The molecule has 0 atom stereocenters. The minimum absolute atomic E-state index is 0.242. The van der Waals surface area contributed by atoms with Crippen molar-refractivity contribution in [1.82, 2.24) is 5.32 Å². The third-order valence-corrected chi connectivity index (χ3v) is 2.52. The molecule has 0 aromatic heterocycles. The van der Waals surface area contributed by atoms with Gasteiger partial charge in [0.25, 0.3) is 0 Å². The van der Waals surface area contributed by atoms with Crippen LogP contribution < -0.4 is 11.1 Å². The topological polar surface area (TPSA) is 59.6 Å². The van der Waals surface area contributed by atoms with Gasteiger partial charge >= 0.3 is 0 Å². The maximum atomic E-state index is 5.73. The maximum Gasteiger partial charge on any atom is 0.188 e. The number of hydrogen-bond acceptors (Lipinski definition) is 2. The summed E-state index contributed by atoms with van der Waals surface area (Å²) in [7, 11) is 1.68. The van der Waals surface area contributed by atoms with Gasteiger partial charge in [-0.05, 0) is 20.3 Å². The van der Waals surface area contributed by atoms with Crippen LogP contribution in [0.1, 0.15) is 46.5 Å². The molecule has 0 aliphatic heterocycles. The lowest BCUT2D eigenvalue weighted by Gasteiger charge is -2.20. The molecule has 0 saturated carbocycles. The number of unbranched alkanes of at least 4 members (excludes halogenated alkanes) is 3. The first kappa shape index (κ1) is 15.2. The molecule has 0 unspecified atom stereocenters. The van der Waals surface area contributed by atoms with Crippen LogP contribution >= 0.6 is 0 Å². The Hall–Kier alpha value is -0.770. The molecule has 0 amide bonds. The van der Waals surface area contributed by atoms with Gasteiger partial charge in [0, 0.05) is 13.7 Å². The Bertz CT molecular complexity index is 202. The fraction of sp³-hybridized carbons (Fsp3) is 0.917. The second-order valence-corrected chi connectivity index (χ2v) is 4.65. The van der Waals surface area contributed by atoms with Crippen LogP contribution in [-0.4, -0.2) is 31.8 Å². The van der Waals surface area contributed by atoms with Gasteiger partial charge in [-0.25, -0.2) is 0 Å². The van der Waals surface area contributed by atoms with Gasteiger partial charge in [0.2, 0.25) is 0 Å². The smallest absolute Gasteiger partial charge is 0.188 e. The van der Waals surface area contributed by atoms with E-state index in [1.807, 2.05) is 13.8 Å². The van der Waals surface area contributed by atoms with Gasteiger partial charge in [-0.1, -0.05) is 26.2 Å². The zero-order valence-electron chi connectivity index (χ0n) is 11.2. The molecular formula is C12H27N3O. The van der Waals surface area contributed by atoms with E-state index >= 15 is 0 Å². The Balaban J connectivity index is 3.63. The van der Waals surface area contributed by atoms with E-state index in [9.17, 15) is 0 Å². The molecule has 0 spiro atoms. The Labute approximate surface area is 99.7 Å². The van der Waals surface area contributed by atoms with E-state index in [4.69, 9.17) is 10.5 Å². The summed E-state index contributed by atoms with van der Waals surface area (Å²) in [4.78, 5) is 4.24. The van der Waals surface area contributed by atoms with Crippen molar-refractivity contribution in [2.45, 2.75) is 52.1 Å². The highest BCUT2D eigenvalue weighted by Gasteiger charge is 2.15. The average molecular weight is 229 g/mol. The summed E-state index contributed by atoms with van der Waals surface area (Å²) in [5.74, 6) is 0.515. The van der Waals surface area contributed by atoms with Gasteiger partial charge in [0.05, 0.1) is 12.1 Å². The molecule has 0 aliphatic carbocycles. The summed E-state index contributed by atoms with van der Waals surface area (Å²) in [6.07, 6.45) is 4.94. The van der Waals surface area contributed by atoms with E-state index in [0.29, 0.717) is 12.5 Å². The Morgan fingerprint density at radius 1 is 1.31 bits per heavy atom. The van der Waals surface area contributed by atoms with Crippen molar-refractivity contribution in [2.24, 2.45) is 10.7 Å². The van der Waals surface area contributed by atoms with Gasteiger partial charge < -0.3 is 15.8 Å². The average Bonchev–Trinajstić information content (AvgIpc) is 2.26. The largest absolute Gasteiger partial charge is 0.377 e. The molecular weight excluding hydrogens is 202 g/mol.